The van der Waals surface area contributed by atoms with Crippen molar-refractivity contribution in [3.05, 3.63) is 21.9 Å². The molecule has 2 fully saturated rings. The molecule has 0 aliphatic carbocycles. The van der Waals surface area contributed by atoms with Gasteiger partial charge in [-0.15, -0.1) is 11.3 Å². The highest BCUT2D eigenvalue weighted by Crippen LogP contribution is 2.34. The van der Waals surface area contributed by atoms with E-state index in [1.54, 1.807) is 0 Å². The van der Waals surface area contributed by atoms with Crippen LogP contribution in [-0.2, 0) is 0 Å². The van der Waals surface area contributed by atoms with E-state index in [9.17, 15) is 0 Å². The van der Waals surface area contributed by atoms with Gasteiger partial charge in [0.2, 0.25) is 0 Å². The van der Waals surface area contributed by atoms with Crippen molar-refractivity contribution in [2.75, 3.05) is 26.2 Å². The lowest BCUT2D eigenvalue weighted by Crippen LogP contribution is -2.41. The van der Waals surface area contributed by atoms with E-state index < -0.39 is 0 Å². The average Bonchev–Trinajstić information content (AvgIpc) is 3.11. The molecule has 0 aromatic carbocycles. The Bertz CT molecular complexity index is 437. The molecular formula is C16H27N3S. The molecule has 3 unspecified atom stereocenters. The molecule has 1 aromatic heterocycles. The molecule has 20 heavy (non-hydrogen) atoms. The highest BCUT2D eigenvalue weighted by molar-refractivity contribution is 7.10. The van der Waals surface area contributed by atoms with Gasteiger partial charge in [-0.2, -0.15) is 0 Å². The lowest BCUT2D eigenvalue weighted by Gasteiger charge is -2.32. The predicted octanol–water partition coefficient (Wildman–Crippen LogP) is 2.61. The Balaban J connectivity index is 1.72. The summed E-state index contributed by atoms with van der Waals surface area (Å²) in [6, 6.07) is 3.59. The third kappa shape index (κ3) is 2.80. The standard InChI is InChI=1S/C16H27N3S/c1-12-6-10-20-16(12)15(13(2)17)19-9-5-14(11-19)18-7-3-4-8-18/h6,10,13-15H,3-5,7-9,11,17H2,1-2H3. The number of hydrogen-bond donors (Lipinski definition) is 1. The molecule has 1 aromatic rings. The fraction of sp³-hybridized carbons (Fsp3) is 0.750. The normalized spacial score (nSPS) is 28.1. The third-order valence-electron chi connectivity index (χ3n) is 4.91. The highest BCUT2D eigenvalue weighted by atomic mass is 32.1. The minimum Gasteiger partial charge on any atom is -0.326 e. The summed E-state index contributed by atoms with van der Waals surface area (Å²) in [5.41, 5.74) is 7.73. The van der Waals surface area contributed by atoms with E-state index >= 15 is 0 Å². The van der Waals surface area contributed by atoms with Crippen molar-refractivity contribution in [3.63, 3.8) is 0 Å². The summed E-state index contributed by atoms with van der Waals surface area (Å²) in [6.45, 7) is 9.38. The van der Waals surface area contributed by atoms with E-state index in [0.717, 1.165) is 6.04 Å². The first-order valence-electron chi connectivity index (χ1n) is 7.94. The van der Waals surface area contributed by atoms with Crippen molar-refractivity contribution in [1.82, 2.24) is 9.80 Å². The molecule has 2 aliphatic rings. The molecule has 4 heteroatoms. The van der Waals surface area contributed by atoms with Gasteiger partial charge < -0.3 is 5.73 Å². The number of hydrogen-bond acceptors (Lipinski definition) is 4. The van der Waals surface area contributed by atoms with E-state index in [1.807, 2.05) is 11.3 Å². The van der Waals surface area contributed by atoms with Gasteiger partial charge in [0.05, 0.1) is 6.04 Å². The molecule has 0 saturated carbocycles. The molecule has 0 amide bonds. The molecule has 3 nitrogen and oxygen atoms in total. The average molecular weight is 293 g/mol. The maximum absolute atomic E-state index is 6.33. The minimum atomic E-state index is 0.199. The van der Waals surface area contributed by atoms with Gasteiger partial charge in [-0.3, -0.25) is 9.80 Å². The number of rotatable bonds is 4. The Labute approximate surface area is 126 Å². The number of thiophene rings is 1. The molecule has 0 spiro atoms. The van der Waals surface area contributed by atoms with Crippen LogP contribution in [0.5, 0.6) is 0 Å². The van der Waals surface area contributed by atoms with E-state index in [1.165, 1.54) is 55.9 Å². The Kier molecular flexibility index (Phi) is 4.46. The van der Waals surface area contributed by atoms with Crippen LogP contribution in [0.2, 0.25) is 0 Å². The zero-order valence-electron chi connectivity index (χ0n) is 12.7. The van der Waals surface area contributed by atoms with E-state index in [4.69, 9.17) is 5.73 Å². The summed E-state index contributed by atoms with van der Waals surface area (Å²) in [6.07, 6.45) is 4.09. The van der Waals surface area contributed by atoms with Gasteiger partial charge in [-0.25, -0.2) is 0 Å². The van der Waals surface area contributed by atoms with Crippen LogP contribution in [0.4, 0.5) is 0 Å². The number of aryl methyl sites for hydroxylation is 1. The number of likely N-dealkylation sites (tertiary alicyclic amines) is 2. The molecule has 3 heterocycles. The molecule has 0 radical (unpaired) electrons. The summed E-state index contributed by atoms with van der Waals surface area (Å²) in [7, 11) is 0. The van der Waals surface area contributed by atoms with Gasteiger partial charge in [0.1, 0.15) is 0 Å². The van der Waals surface area contributed by atoms with Crippen LogP contribution < -0.4 is 5.73 Å². The molecule has 3 atom stereocenters. The Morgan fingerprint density at radius 2 is 2.05 bits per heavy atom. The van der Waals surface area contributed by atoms with Crippen molar-refractivity contribution in [1.29, 1.82) is 0 Å². The second kappa shape index (κ2) is 6.14. The Hall–Kier alpha value is -0.420. The van der Waals surface area contributed by atoms with Gasteiger partial charge in [0.25, 0.3) is 0 Å². The first-order chi connectivity index (χ1) is 9.66. The lowest BCUT2D eigenvalue weighted by atomic mass is 10.0. The second-order valence-corrected chi connectivity index (χ2v) is 7.40. The predicted molar refractivity (Wildman–Crippen MR) is 86.2 cm³/mol. The molecular weight excluding hydrogens is 266 g/mol. The fourth-order valence-corrected chi connectivity index (χ4v) is 5.03. The van der Waals surface area contributed by atoms with Gasteiger partial charge >= 0.3 is 0 Å². The molecule has 2 saturated heterocycles. The third-order valence-corrected chi connectivity index (χ3v) is 6.00. The Morgan fingerprint density at radius 1 is 1.30 bits per heavy atom. The minimum absolute atomic E-state index is 0.199. The van der Waals surface area contributed by atoms with E-state index in [-0.39, 0.29) is 6.04 Å². The van der Waals surface area contributed by atoms with Gasteiger partial charge in [0.15, 0.2) is 0 Å². The summed E-state index contributed by atoms with van der Waals surface area (Å²) in [5.74, 6) is 0. The zero-order chi connectivity index (χ0) is 14.1. The SMILES string of the molecule is Cc1ccsc1C(C(C)N)N1CCC(N2CCCC2)C1. The largest absolute Gasteiger partial charge is 0.326 e. The molecule has 3 rings (SSSR count). The van der Waals surface area contributed by atoms with Crippen LogP contribution in [0.1, 0.15) is 42.7 Å². The van der Waals surface area contributed by atoms with E-state index in [0.29, 0.717) is 6.04 Å². The quantitative estimate of drug-likeness (QED) is 0.926. The lowest BCUT2D eigenvalue weighted by molar-refractivity contribution is 0.187. The highest BCUT2D eigenvalue weighted by Gasteiger charge is 2.35. The monoisotopic (exact) mass is 293 g/mol. The van der Waals surface area contributed by atoms with Crippen molar-refractivity contribution in [2.45, 2.75) is 51.2 Å². The summed E-state index contributed by atoms with van der Waals surface area (Å²) >= 11 is 1.87. The number of nitrogens with zero attached hydrogens (tertiary/aromatic N) is 2. The van der Waals surface area contributed by atoms with E-state index in [2.05, 4.69) is 35.1 Å². The molecule has 0 bridgehead atoms. The molecule has 2 N–H and O–H groups in total. The maximum atomic E-state index is 6.33. The van der Waals surface area contributed by atoms with Crippen LogP contribution >= 0.6 is 11.3 Å². The van der Waals surface area contributed by atoms with Gasteiger partial charge in [-0.05, 0) is 63.2 Å². The van der Waals surface area contributed by atoms with Gasteiger partial charge in [-0.1, -0.05) is 0 Å². The van der Waals surface area contributed by atoms with Crippen LogP contribution in [0.15, 0.2) is 11.4 Å². The summed E-state index contributed by atoms with van der Waals surface area (Å²) in [5, 5.41) is 2.20. The molecule has 112 valence electrons. The van der Waals surface area contributed by atoms with Gasteiger partial charge in [0, 0.05) is 30.1 Å². The van der Waals surface area contributed by atoms with Crippen LogP contribution in [-0.4, -0.2) is 48.1 Å². The van der Waals surface area contributed by atoms with Crippen molar-refractivity contribution < 1.29 is 0 Å². The summed E-state index contributed by atoms with van der Waals surface area (Å²) < 4.78 is 0. The van der Waals surface area contributed by atoms with Crippen molar-refractivity contribution >= 4 is 11.3 Å². The molecule has 2 aliphatic heterocycles. The fourth-order valence-electron chi connectivity index (χ4n) is 3.85. The number of nitrogens with two attached hydrogens (primary N) is 1. The smallest absolute Gasteiger partial charge is 0.0593 e. The topological polar surface area (TPSA) is 32.5 Å². The van der Waals surface area contributed by atoms with Crippen molar-refractivity contribution in [2.24, 2.45) is 5.73 Å². The Morgan fingerprint density at radius 3 is 2.65 bits per heavy atom. The maximum Gasteiger partial charge on any atom is 0.0593 e. The van der Waals surface area contributed by atoms with Crippen LogP contribution in [0, 0.1) is 6.92 Å². The summed E-state index contributed by atoms with van der Waals surface area (Å²) in [4.78, 5) is 6.80. The van der Waals surface area contributed by atoms with Crippen LogP contribution in [0.3, 0.4) is 0 Å². The second-order valence-electron chi connectivity index (χ2n) is 6.45. The first kappa shape index (κ1) is 14.5. The first-order valence-corrected chi connectivity index (χ1v) is 8.82. The zero-order valence-corrected chi connectivity index (χ0v) is 13.5. The van der Waals surface area contributed by atoms with Crippen LogP contribution in [0.25, 0.3) is 0 Å². The van der Waals surface area contributed by atoms with Crippen molar-refractivity contribution in [3.8, 4) is 0 Å².